The van der Waals surface area contributed by atoms with E-state index in [0.717, 1.165) is 6.42 Å². The number of anilines is 2. The van der Waals surface area contributed by atoms with Crippen LogP contribution in [-0.2, 0) is 0 Å². The predicted molar refractivity (Wildman–Crippen MR) is 68.7 cm³/mol. The van der Waals surface area contributed by atoms with Crippen LogP contribution in [0.1, 0.15) is 23.7 Å². The highest BCUT2D eigenvalue weighted by Crippen LogP contribution is 2.20. The Kier molecular flexibility index (Phi) is 4.78. The molecule has 1 rings (SSSR count). The number of nitrogen functional groups attached to an aromatic ring is 1. The Labute approximate surface area is 101 Å². The van der Waals surface area contributed by atoms with E-state index in [1.165, 1.54) is 0 Å². The van der Waals surface area contributed by atoms with Crippen molar-refractivity contribution in [2.45, 2.75) is 13.3 Å². The van der Waals surface area contributed by atoms with Crippen molar-refractivity contribution in [3.63, 3.8) is 0 Å². The molecule has 0 saturated carbocycles. The van der Waals surface area contributed by atoms with Gasteiger partial charge in [0.25, 0.3) is 0 Å². The molecule has 0 saturated heterocycles. The maximum atomic E-state index is 11.0. The molecular formula is C12H19N3O2. The SMILES string of the molecule is CC(CCO)CNc1cc(C(N)=O)ccc1N. The molecule has 1 atom stereocenters. The highest BCUT2D eigenvalue weighted by molar-refractivity contribution is 5.94. The van der Waals surface area contributed by atoms with Crippen LogP contribution in [-0.4, -0.2) is 24.2 Å². The van der Waals surface area contributed by atoms with E-state index in [0.29, 0.717) is 29.4 Å². The Bertz CT molecular complexity index is 393. The number of hydrogen-bond donors (Lipinski definition) is 4. The first-order chi connectivity index (χ1) is 8.04. The summed E-state index contributed by atoms with van der Waals surface area (Å²) < 4.78 is 0. The lowest BCUT2D eigenvalue weighted by Gasteiger charge is -2.14. The minimum absolute atomic E-state index is 0.166. The fourth-order valence-corrected chi connectivity index (χ4v) is 1.47. The van der Waals surface area contributed by atoms with Crippen LogP contribution in [0.5, 0.6) is 0 Å². The van der Waals surface area contributed by atoms with Crippen LogP contribution in [0.2, 0.25) is 0 Å². The molecule has 0 radical (unpaired) electrons. The summed E-state index contributed by atoms with van der Waals surface area (Å²) in [7, 11) is 0. The molecule has 6 N–H and O–H groups in total. The third-order valence-corrected chi connectivity index (χ3v) is 2.60. The van der Waals surface area contributed by atoms with Crippen LogP contribution >= 0.6 is 0 Å². The average Bonchev–Trinajstić information content (AvgIpc) is 2.28. The second-order valence-electron chi connectivity index (χ2n) is 4.16. The van der Waals surface area contributed by atoms with E-state index in [9.17, 15) is 4.79 Å². The van der Waals surface area contributed by atoms with E-state index in [4.69, 9.17) is 16.6 Å². The average molecular weight is 237 g/mol. The number of aliphatic hydroxyl groups is 1. The third-order valence-electron chi connectivity index (χ3n) is 2.60. The molecule has 5 heteroatoms. The van der Waals surface area contributed by atoms with Gasteiger partial charge in [0.15, 0.2) is 0 Å². The van der Waals surface area contributed by atoms with Crippen molar-refractivity contribution >= 4 is 17.3 Å². The number of benzene rings is 1. The molecule has 94 valence electrons. The van der Waals surface area contributed by atoms with Gasteiger partial charge in [0.1, 0.15) is 0 Å². The zero-order valence-electron chi connectivity index (χ0n) is 9.94. The van der Waals surface area contributed by atoms with E-state index in [-0.39, 0.29) is 6.61 Å². The number of nitrogens with two attached hydrogens (primary N) is 2. The predicted octanol–water partition coefficient (Wildman–Crippen LogP) is 0.798. The van der Waals surface area contributed by atoms with Crippen molar-refractivity contribution in [1.82, 2.24) is 0 Å². The van der Waals surface area contributed by atoms with Gasteiger partial charge >= 0.3 is 0 Å². The molecule has 1 unspecified atom stereocenters. The summed E-state index contributed by atoms with van der Waals surface area (Å²) in [6.07, 6.45) is 0.725. The van der Waals surface area contributed by atoms with Gasteiger partial charge in [-0.15, -0.1) is 0 Å². The van der Waals surface area contributed by atoms with Crippen molar-refractivity contribution in [2.75, 3.05) is 24.2 Å². The third kappa shape index (κ3) is 3.96. The molecule has 0 fully saturated rings. The summed E-state index contributed by atoms with van der Waals surface area (Å²) in [5.74, 6) is -0.145. The van der Waals surface area contributed by atoms with Gasteiger partial charge in [-0.3, -0.25) is 4.79 Å². The lowest BCUT2D eigenvalue weighted by molar-refractivity contribution is 0.100. The highest BCUT2D eigenvalue weighted by atomic mass is 16.3. The monoisotopic (exact) mass is 237 g/mol. The first-order valence-corrected chi connectivity index (χ1v) is 5.58. The van der Waals surface area contributed by atoms with Crippen molar-refractivity contribution in [2.24, 2.45) is 11.7 Å². The molecule has 5 nitrogen and oxygen atoms in total. The molecule has 0 heterocycles. The zero-order chi connectivity index (χ0) is 12.8. The van der Waals surface area contributed by atoms with E-state index in [1.54, 1.807) is 18.2 Å². The van der Waals surface area contributed by atoms with Crippen LogP contribution < -0.4 is 16.8 Å². The largest absolute Gasteiger partial charge is 0.397 e. The number of carbonyl (C=O) groups is 1. The first kappa shape index (κ1) is 13.3. The first-order valence-electron chi connectivity index (χ1n) is 5.58. The number of carbonyl (C=O) groups excluding carboxylic acids is 1. The number of rotatable bonds is 6. The second-order valence-corrected chi connectivity index (χ2v) is 4.16. The van der Waals surface area contributed by atoms with Gasteiger partial charge in [0.05, 0.1) is 11.4 Å². The Morgan fingerprint density at radius 2 is 2.24 bits per heavy atom. The normalized spacial score (nSPS) is 12.1. The number of hydrogen-bond acceptors (Lipinski definition) is 4. The molecule has 0 aliphatic rings. The fourth-order valence-electron chi connectivity index (χ4n) is 1.47. The van der Waals surface area contributed by atoms with E-state index >= 15 is 0 Å². The van der Waals surface area contributed by atoms with Crippen molar-refractivity contribution in [3.8, 4) is 0 Å². The number of aliphatic hydroxyl groups excluding tert-OH is 1. The van der Waals surface area contributed by atoms with Gasteiger partial charge in [0.2, 0.25) is 5.91 Å². The molecule has 17 heavy (non-hydrogen) atoms. The molecule has 0 bridgehead atoms. The van der Waals surface area contributed by atoms with Crippen LogP contribution in [0.4, 0.5) is 11.4 Å². The Balaban J connectivity index is 2.69. The number of primary amides is 1. The quantitative estimate of drug-likeness (QED) is 0.549. The van der Waals surface area contributed by atoms with E-state index < -0.39 is 5.91 Å². The second kappa shape index (κ2) is 6.10. The zero-order valence-corrected chi connectivity index (χ0v) is 9.94. The van der Waals surface area contributed by atoms with Gasteiger partial charge in [-0.2, -0.15) is 0 Å². The number of amides is 1. The van der Waals surface area contributed by atoms with Gasteiger partial charge in [-0.1, -0.05) is 6.92 Å². The van der Waals surface area contributed by atoms with Crippen LogP contribution in [0.3, 0.4) is 0 Å². The van der Waals surface area contributed by atoms with E-state index in [1.807, 2.05) is 6.92 Å². The van der Waals surface area contributed by atoms with Crippen LogP contribution in [0.15, 0.2) is 18.2 Å². The Morgan fingerprint density at radius 3 is 2.82 bits per heavy atom. The highest BCUT2D eigenvalue weighted by Gasteiger charge is 2.06. The van der Waals surface area contributed by atoms with Crippen LogP contribution in [0, 0.1) is 5.92 Å². The lowest BCUT2D eigenvalue weighted by atomic mass is 10.1. The Hall–Kier alpha value is -1.75. The Morgan fingerprint density at radius 1 is 1.53 bits per heavy atom. The summed E-state index contributed by atoms with van der Waals surface area (Å²) in [6, 6.07) is 4.89. The number of nitrogens with one attached hydrogen (secondary N) is 1. The standard InChI is InChI=1S/C12H19N3O2/c1-8(4-5-16)7-15-11-6-9(12(14)17)2-3-10(11)13/h2-3,6,8,15-16H,4-5,7,13H2,1H3,(H2,14,17). The van der Waals surface area contributed by atoms with Crippen molar-refractivity contribution in [3.05, 3.63) is 23.8 Å². The van der Waals surface area contributed by atoms with Crippen LogP contribution in [0.25, 0.3) is 0 Å². The molecule has 1 aromatic rings. The molecule has 0 aliphatic carbocycles. The summed E-state index contributed by atoms with van der Waals surface area (Å²) >= 11 is 0. The molecule has 0 spiro atoms. The molecule has 0 aromatic heterocycles. The van der Waals surface area contributed by atoms with Crippen molar-refractivity contribution in [1.29, 1.82) is 0 Å². The summed E-state index contributed by atoms with van der Waals surface area (Å²) in [4.78, 5) is 11.0. The molecular weight excluding hydrogens is 218 g/mol. The summed E-state index contributed by atoms with van der Waals surface area (Å²) in [5, 5.41) is 11.9. The maximum absolute atomic E-state index is 11.0. The minimum Gasteiger partial charge on any atom is -0.397 e. The summed E-state index contributed by atoms with van der Waals surface area (Å²) in [5.41, 5.74) is 12.7. The molecule has 1 aromatic carbocycles. The minimum atomic E-state index is -0.476. The van der Waals surface area contributed by atoms with E-state index in [2.05, 4.69) is 5.32 Å². The van der Waals surface area contributed by atoms with Gasteiger partial charge in [-0.25, -0.2) is 0 Å². The van der Waals surface area contributed by atoms with Gasteiger partial charge in [0, 0.05) is 18.7 Å². The summed E-state index contributed by atoms with van der Waals surface area (Å²) in [6.45, 7) is 2.88. The lowest BCUT2D eigenvalue weighted by Crippen LogP contribution is -2.15. The fraction of sp³-hybridized carbons (Fsp3) is 0.417. The smallest absolute Gasteiger partial charge is 0.248 e. The molecule has 0 aliphatic heterocycles. The van der Waals surface area contributed by atoms with Gasteiger partial charge < -0.3 is 21.9 Å². The van der Waals surface area contributed by atoms with Gasteiger partial charge in [-0.05, 0) is 30.5 Å². The maximum Gasteiger partial charge on any atom is 0.248 e. The molecule has 1 amide bonds. The topological polar surface area (TPSA) is 101 Å². The van der Waals surface area contributed by atoms with Crippen molar-refractivity contribution < 1.29 is 9.90 Å².